The Balaban J connectivity index is 0.00000180. The quantitative estimate of drug-likeness (QED) is 0.857. The van der Waals surface area contributed by atoms with Gasteiger partial charge in [0.15, 0.2) is 0 Å². The smallest absolute Gasteiger partial charge is 0.405 e. The number of halogens is 5. The highest BCUT2D eigenvalue weighted by atomic mass is 79.9. The van der Waals surface area contributed by atoms with Crippen LogP contribution in [0.15, 0.2) is 22.7 Å². The first-order chi connectivity index (χ1) is 8.37. The lowest BCUT2D eigenvalue weighted by atomic mass is 9.77. The van der Waals surface area contributed by atoms with Crippen LogP contribution in [0, 0.1) is 5.92 Å². The lowest BCUT2D eigenvalue weighted by molar-refractivity contribution is -0.275. The number of alkyl halides is 3. The van der Waals surface area contributed by atoms with E-state index in [9.17, 15) is 13.2 Å². The van der Waals surface area contributed by atoms with Gasteiger partial charge in [-0.3, -0.25) is 0 Å². The molecule has 2 nitrogen and oxygen atoms in total. The van der Waals surface area contributed by atoms with Crippen LogP contribution in [-0.2, 0) is 0 Å². The maximum atomic E-state index is 12.3. The van der Waals surface area contributed by atoms with E-state index in [0.717, 1.165) is 19.3 Å². The Morgan fingerprint density at radius 3 is 2.42 bits per heavy atom. The van der Waals surface area contributed by atoms with Crippen LogP contribution in [0.4, 0.5) is 13.2 Å². The number of hydrogen-bond donors (Lipinski definition) is 1. The van der Waals surface area contributed by atoms with Gasteiger partial charge in [-0.25, -0.2) is 0 Å². The lowest BCUT2D eigenvalue weighted by Gasteiger charge is -2.32. The fraction of sp³-hybridized carbons (Fsp3) is 0.500. The number of ether oxygens (including phenoxy) is 1. The summed E-state index contributed by atoms with van der Waals surface area (Å²) >= 11 is 3.24. The van der Waals surface area contributed by atoms with Crippen LogP contribution < -0.4 is 10.5 Å². The Morgan fingerprint density at radius 1 is 1.32 bits per heavy atom. The van der Waals surface area contributed by atoms with E-state index in [1.807, 2.05) is 0 Å². The summed E-state index contributed by atoms with van der Waals surface area (Å²) in [5.74, 6) is 0.0417. The van der Waals surface area contributed by atoms with Crippen molar-refractivity contribution in [2.45, 2.75) is 31.7 Å². The van der Waals surface area contributed by atoms with Crippen LogP contribution in [-0.4, -0.2) is 6.36 Å². The molecule has 0 spiro atoms. The molecule has 1 aliphatic rings. The molecule has 7 heteroatoms. The van der Waals surface area contributed by atoms with Crippen molar-refractivity contribution in [2.24, 2.45) is 11.7 Å². The fourth-order valence-electron chi connectivity index (χ4n) is 2.05. The Hall–Kier alpha value is -0.460. The molecule has 0 unspecified atom stereocenters. The largest absolute Gasteiger partial charge is 0.573 e. The molecule has 1 fully saturated rings. The molecule has 1 atom stereocenters. The highest BCUT2D eigenvalue weighted by Gasteiger charge is 2.34. The van der Waals surface area contributed by atoms with Crippen LogP contribution in [0.5, 0.6) is 5.75 Å². The molecular formula is C12H14BrClF3NO. The van der Waals surface area contributed by atoms with E-state index in [2.05, 4.69) is 20.7 Å². The lowest BCUT2D eigenvalue weighted by Crippen LogP contribution is -2.28. The minimum atomic E-state index is -4.69. The molecule has 2 rings (SSSR count). The maximum absolute atomic E-state index is 12.3. The van der Waals surface area contributed by atoms with Gasteiger partial charge in [0.25, 0.3) is 0 Å². The second kappa shape index (κ2) is 6.33. The van der Waals surface area contributed by atoms with Crippen molar-refractivity contribution in [1.29, 1.82) is 0 Å². The van der Waals surface area contributed by atoms with Crippen molar-refractivity contribution in [3.63, 3.8) is 0 Å². The molecule has 0 amide bonds. The molecule has 0 bridgehead atoms. The Morgan fingerprint density at radius 2 is 1.95 bits per heavy atom. The minimum Gasteiger partial charge on any atom is -0.405 e. The van der Waals surface area contributed by atoms with E-state index < -0.39 is 12.4 Å². The van der Waals surface area contributed by atoms with Crippen molar-refractivity contribution in [1.82, 2.24) is 0 Å². The van der Waals surface area contributed by atoms with Gasteiger partial charge in [-0.2, -0.15) is 0 Å². The molecule has 1 aliphatic carbocycles. The zero-order valence-electron chi connectivity index (χ0n) is 9.91. The number of rotatable bonds is 3. The molecule has 0 aromatic heterocycles. The summed E-state index contributed by atoms with van der Waals surface area (Å²) in [6, 6.07) is 4.00. The Labute approximate surface area is 124 Å². The van der Waals surface area contributed by atoms with E-state index in [1.54, 1.807) is 6.07 Å². The zero-order chi connectivity index (χ0) is 13.3. The average molecular weight is 361 g/mol. The van der Waals surface area contributed by atoms with Crippen molar-refractivity contribution in [3.8, 4) is 5.75 Å². The molecule has 19 heavy (non-hydrogen) atoms. The second-order valence-corrected chi connectivity index (χ2v) is 5.36. The van der Waals surface area contributed by atoms with E-state index >= 15 is 0 Å². The predicted molar refractivity (Wildman–Crippen MR) is 72.3 cm³/mol. The van der Waals surface area contributed by atoms with Gasteiger partial charge >= 0.3 is 6.36 Å². The standard InChI is InChI=1S/C12H13BrF3NO.ClH/c13-8-4-5-10(18-12(14,15)16)9(6-8)11(17)7-2-1-3-7;/h4-7,11H,1-3,17H2;1H/t11-;/m1./s1. The molecule has 1 saturated carbocycles. The monoisotopic (exact) mass is 359 g/mol. The van der Waals surface area contributed by atoms with Gasteiger partial charge in [-0.1, -0.05) is 22.4 Å². The van der Waals surface area contributed by atoms with Crippen molar-refractivity contribution >= 4 is 28.3 Å². The van der Waals surface area contributed by atoms with E-state index in [-0.39, 0.29) is 24.1 Å². The SMILES string of the molecule is Cl.N[C@@H](c1cc(Br)ccc1OC(F)(F)F)C1CCC1. The molecule has 108 valence electrons. The summed E-state index contributed by atoms with van der Waals surface area (Å²) in [7, 11) is 0. The third-order valence-electron chi connectivity index (χ3n) is 3.21. The van der Waals surface area contributed by atoms with Crippen LogP contribution in [0.3, 0.4) is 0 Å². The normalized spacial score (nSPS) is 17.3. The topological polar surface area (TPSA) is 35.2 Å². The molecular weight excluding hydrogens is 346 g/mol. The molecule has 0 aliphatic heterocycles. The molecule has 0 saturated heterocycles. The van der Waals surface area contributed by atoms with Crippen LogP contribution in [0.1, 0.15) is 30.9 Å². The zero-order valence-corrected chi connectivity index (χ0v) is 12.3. The molecule has 0 radical (unpaired) electrons. The summed E-state index contributed by atoms with van der Waals surface area (Å²) in [6.07, 6.45) is -1.69. The summed E-state index contributed by atoms with van der Waals surface area (Å²) in [5, 5.41) is 0. The molecule has 2 N–H and O–H groups in total. The van der Waals surface area contributed by atoms with Crippen molar-refractivity contribution < 1.29 is 17.9 Å². The molecule has 0 heterocycles. The van der Waals surface area contributed by atoms with Crippen molar-refractivity contribution in [2.75, 3.05) is 0 Å². The third-order valence-corrected chi connectivity index (χ3v) is 3.71. The highest BCUT2D eigenvalue weighted by Crippen LogP contribution is 2.41. The van der Waals surface area contributed by atoms with Crippen LogP contribution in [0.25, 0.3) is 0 Å². The summed E-state index contributed by atoms with van der Waals surface area (Å²) < 4.78 is 41.6. The number of hydrogen-bond acceptors (Lipinski definition) is 2. The first kappa shape index (κ1) is 16.6. The van der Waals surface area contributed by atoms with Crippen LogP contribution >= 0.6 is 28.3 Å². The van der Waals surface area contributed by atoms with Gasteiger partial charge < -0.3 is 10.5 Å². The third kappa shape index (κ3) is 4.26. The highest BCUT2D eigenvalue weighted by molar-refractivity contribution is 9.10. The minimum absolute atomic E-state index is 0. The first-order valence-corrected chi connectivity index (χ1v) is 6.47. The summed E-state index contributed by atoms with van der Waals surface area (Å²) in [4.78, 5) is 0. The predicted octanol–water partition coefficient (Wildman–Crippen LogP) is 4.57. The van der Waals surface area contributed by atoms with Gasteiger partial charge in [0, 0.05) is 16.1 Å². The van der Waals surface area contributed by atoms with Crippen LogP contribution in [0.2, 0.25) is 0 Å². The van der Waals surface area contributed by atoms with E-state index in [4.69, 9.17) is 5.73 Å². The molecule has 1 aromatic rings. The number of benzene rings is 1. The number of nitrogens with two attached hydrogens (primary N) is 1. The Kier molecular flexibility index (Phi) is 5.53. The second-order valence-electron chi connectivity index (χ2n) is 4.45. The van der Waals surface area contributed by atoms with Gasteiger partial charge in [-0.15, -0.1) is 25.6 Å². The van der Waals surface area contributed by atoms with Crippen molar-refractivity contribution in [3.05, 3.63) is 28.2 Å². The Bertz CT molecular complexity index is 437. The fourth-order valence-corrected chi connectivity index (χ4v) is 2.43. The molecule has 1 aromatic carbocycles. The van der Waals surface area contributed by atoms with Gasteiger partial charge in [0.2, 0.25) is 0 Å². The summed E-state index contributed by atoms with van der Waals surface area (Å²) in [6.45, 7) is 0. The first-order valence-electron chi connectivity index (χ1n) is 5.67. The van der Waals surface area contributed by atoms with E-state index in [0.29, 0.717) is 10.0 Å². The van der Waals surface area contributed by atoms with Gasteiger partial charge in [0.05, 0.1) is 0 Å². The van der Waals surface area contributed by atoms with Gasteiger partial charge in [-0.05, 0) is 37.0 Å². The van der Waals surface area contributed by atoms with Gasteiger partial charge in [0.1, 0.15) is 5.75 Å². The maximum Gasteiger partial charge on any atom is 0.573 e. The average Bonchev–Trinajstić information content (AvgIpc) is 2.16. The summed E-state index contributed by atoms with van der Waals surface area (Å²) in [5.41, 5.74) is 6.43. The van der Waals surface area contributed by atoms with E-state index in [1.165, 1.54) is 12.1 Å².